The van der Waals surface area contributed by atoms with Gasteiger partial charge in [-0.2, -0.15) is 0 Å². The predicted molar refractivity (Wildman–Crippen MR) is 138 cm³/mol. The summed E-state index contributed by atoms with van der Waals surface area (Å²) >= 11 is 0. The lowest BCUT2D eigenvalue weighted by molar-refractivity contribution is 0.101. The van der Waals surface area contributed by atoms with Gasteiger partial charge in [-0.25, -0.2) is 4.39 Å². The zero-order valence-corrected chi connectivity index (χ0v) is 19.8. The molecule has 0 aromatic heterocycles. The van der Waals surface area contributed by atoms with Crippen LogP contribution in [0.3, 0.4) is 0 Å². The molecule has 4 aromatic carbocycles. The summed E-state index contributed by atoms with van der Waals surface area (Å²) in [5, 5.41) is 0. The number of Topliss-reactive ketones (excluding diaryl/α,β-unsaturated/α-hetero) is 1. The number of hydrogen-bond acceptors (Lipinski definition) is 3. The molecule has 1 aliphatic rings. The van der Waals surface area contributed by atoms with Crippen LogP contribution in [0.4, 0.5) is 10.1 Å². The topological polar surface area (TPSA) is 29.5 Å². The molecule has 35 heavy (non-hydrogen) atoms. The number of nitrogens with zero attached hydrogens (tertiary/aromatic N) is 1. The minimum absolute atomic E-state index is 0.0653. The summed E-state index contributed by atoms with van der Waals surface area (Å²) in [6.07, 6.45) is 1.67. The second-order valence-corrected chi connectivity index (χ2v) is 9.03. The Bertz CT molecular complexity index is 1300. The van der Waals surface area contributed by atoms with Gasteiger partial charge in [-0.15, -0.1) is 0 Å². The molecule has 0 fully saturated rings. The smallest absolute Gasteiger partial charge is 0.159 e. The number of hydrogen-bond donors (Lipinski definition) is 0. The molecule has 0 N–H and O–H groups in total. The predicted octanol–water partition coefficient (Wildman–Crippen LogP) is 6.95. The van der Waals surface area contributed by atoms with E-state index in [4.69, 9.17) is 4.74 Å². The van der Waals surface area contributed by atoms with Crippen molar-refractivity contribution < 1.29 is 13.9 Å². The minimum Gasteiger partial charge on any atom is -0.489 e. The molecule has 0 aliphatic carbocycles. The van der Waals surface area contributed by atoms with Gasteiger partial charge in [-0.3, -0.25) is 4.79 Å². The van der Waals surface area contributed by atoms with Gasteiger partial charge in [-0.1, -0.05) is 60.7 Å². The van der Waals surface area contributed by atoms with Crippen LogP contribution in [0, 0.1) is 5.82 Å². The lowest BCUT2D eigenvalue weighted by atomic mass is 9.88. The second-order valence-electron chi connectivity index (χ2n) is 9.03. The Morgan fingerprint density at radius 3 is 2.37 bits per heavy atom. The number of carbonyl (C=O) groups excluding carboxylic acids is 1. The molecule has 5 rings (SSSR count). The summed E-state index contributed by atoms with van der Waals surface area (Å²) in [5.41, 5.74) is 6.55. The van der Waals surface area contributed by atoms with E-state index in [1.807, 2.05) is 60.7 Å². The number of ketones is 1. The van der Waals surface area contributed by atoms with Crippen molar-refractivity contribution in [1.29, 1.82) is 0 Å². The minimum atomic E-state index is -0.234. The number of fused-ring (bicyclic) bond motifs is 1. The first-order valence-electron chi connectivity index (χ1n) is 12.0. The van der Waals surface area contributed by atoms with Crippen LogP contribution in [-0.2, 0) is 19.4 Å². The first-order valence-corrected chi connectivity index (χ1v) is 12.0. The molecule has 1 atom stereocenters. The lowest BCUT2D eigenvalue weighted by Crippen LogP contribution is -2.36. The van der Waals surface area contributed by atoms with Gasteiger partial charge in [0.15, 0.2) is 5.78 Å². The summed E-state index contributed by atoms with van der Waals surface area (Å²) in [6.45, 7) is 2.95. The molecular formula is C31H28FNO2. The Hall–Kier alpha value is -3.92. The van der Waals surface area contributed by atoms with Gasteiger partial charge >= 0.3 is 0 Å². The molecule has 3 nitrogen and oxygen atoms in total. The summed E-state index contributed by atoms with van der Waals surface area (Å²) in [5.74, 6) is 0.700. The summed E-state index contributed by atoms with van der Waals surface area (Å²) in [7, 11) is 0. The van der Waals surface area contributed by atoms with Gasteiger partial charge in [0.25, 0.3) is 0 Å². The maximum absolute atomic E-state index is 13.6. The Labute approximate surface area is 205 Å². The zero-order chi connectivity index (χ0) is 24.2. The standard InChI is InChI=1S/C31H28FNO2/c1-22(34)25-9-7-23(8-10-25)19-31-30-16-15-29(35-21-24-5-3-2-4-6-24)20-26(30)17-18-33(31)28-13-11-27(32)12-14-28/h2-16,20,31H,17-19,21H2,1H3. The molecule has 1 unspecified atom stereocenters. The lowest BCUT2D eigenvalue weighted by Gasteiger charge is -2.39. The van der Waals surface area contributed by atoms with E-state index in [0.717, 1.165) is 42.0 Å². The number of benzene rings is 4. The van der Waals surface area contributed by atoms with E-state index in [9.17, 15) is 9.18 Å². The highest BCUT2D eigenvalue weighted by molar-refractivity contribution is 5.94. The maximum Gasteiger partial charge on any atom is 0.159 e. The molecule has 0 saturated heterocycles. The quantitative estimate of drug-likeness (QED) is 0.277. The van der Waals surface area contributed by atoms with Gasteiger partial charge in [0.2, 0.25) is 0 Å². The Morgan fingerprint density at radius 1 is 0.914 bits per heavy atom. The molecule has 0 bridgehead atoms. The number of ether oxygens (including phenoxy) is 1. The first kappa shape index (κ1) is 22.9. The van der Waals surface area contributed by atoms with E-state index in [1.165, 1.54) is 23.3 Å². The van der Waals surface area contributed by atoms with Gasteiger partial charge in [0.1, 0.15) is 18.2 Å². The van der Waals surface area contributed by atoms with Crippen molar-refractivity contribution in [2.24, 2.45) is 0 Å². The molecule has 0 saturated carbocycles. The van der Waals surface area contributed by atoms with Gasteiger partial charge in [0, 0.05) is 17.8 Å². The molecule has 0 spiro atoms. The van der Waals surface area contributed by atoms with E-state index in [0.29, 0.717) is 12.2 Å². The fraction of sp³-hybridized carbons (Fsp3) is 0.194. The van der Waals surface area contributed by atoms with Gasteiger partial charge in [0.05, 0.1) is 6.04 Å². The van der Waals surface area contributed by atoms with Gasteiger partial charge < -0.3 is 9.64 Å². The van der Waals surface area contributed by atoms with Crippen LogP contribution in [-0.4, -0.2) is 12.3 Å². The highest BCUT2D eigenvalue weighted by atomic mass is 19.1. The normalized spacial score (nSPS) is 14.9. The van der Waals surface area contributed by atoms with Crippen LogP contribution in [0.5, 0.6) is 5.75 Å². The first-order chi connectivity index (χ1) is 17.1. The third-order valence-corrected chi connectivity index (χ3v) is 6.67. The average molecular weight is 466 g/mol. The molecule has 0 amide bonds. The fourth-order valence-corrected chi connectivity index (χ4v) is 4.78. The van der Waals surface area contributed by atoms with E-state index in [1.54, 1.807) is 6.92 Å². The maximum atomic E-state index is 13.6. The third-order valence-electron chi connectivity index (χ3n) is 6.67. The number of rotatable bonds is 7. The van der Waals surface area contributed by atoms with Crippen molar-refractivity contribution in [3.63, 3.8) is 0 Å². The van der Waals surface area contributed by atoms with Crippen LogP contribution in [0.2, 0.25) is 0 Å². The van der Waals surface area contributed by atoms with Crippen molar-refractivity contribution in [3.05, 3.63) is 131 Å². The van der Waals surface area contributed by atoms with Crippen LogP contribution in [0.1, 0.15) is 45.6 Å². The zero-order valence-electron chi connectivity index (χ0n) is 19.8. The molecule has 4 aromatic rings. The summed E-state index contributed by atoms with van der Waals surface area (Å²) in [4.78, 5) is 14.1. The SMILES string of the molecule is CC(=O)c1ccc(CC2c3ccc(OCc4ccccc4)cc3CCN2c2ccc(F)cc2)cc1. The average Bonchev–Trinajstić information content (AvgIpc) is 2.89. The van der Waals surface area contributed by atoms with Crippen LogP contribution in [0.15, 0.2) is 97.1 Å². The van der Waals surface area contributed by atoms with Crippen molar-refractivity contribution in [2.75, 3.05) is 11.4 Å². The van der Waals surface area contributed by atoms with Crippen molar-refractivity contribution in [3.8, 4) is 5.75 Å². The number of carbonyl (C=O) groups is 1. The third kappa shape index (κ3) is 5.27. The summed E-state index contributed by atoms with van der Waals surface area (Å²) < 4.78 is 19.7. The molecule has 1 heterocycles. The molecule has 176 valence electrons. The van der Waals surface area contributed by atoms with Crippen molar-refractivity contribution >= 4 is 11.5 Å². The summed E-state index contributed by atoms with van der Waals surface area (Å²) in [6, 6.07) is 31.2. The molecule has 4 heteroatoms. The highest BCUT2D eigenvalue weighted by Gasteiger charge is 2.28. The van der Waals surface area contributed by atoms with Crippen molar-refractivity contribution in [2.45, 2.75) is 32.4 Å². The van der Waals surface area contributed by atoms with Gasteiger partial charge in [-0.05, 0) is 78.4 Å². The van der Waals surface area contributed by atoms with E-state index in [-0.39, 0.29) is 17.6 Å². The number of anilines is 1. The van der Waals surface area contributed by atoms with E-state index < -0.39 is 0 Å². The Kier molecular flexibility index (Phi) is 6.62. The fourth-order valence-electron chi connectivity index (χ4n) is 4.78. The van der Waals surface area contributed by atoms with Crippen LogP contribution < -0.4 is 9.64 Å². The Balaban J connectivity index is 1.43. The largest absolute Gasteiger partial charge is 0.489 e. The number of halogens is 1. The Morgan fingerprint density at radius 2 is 1.66 bits per heavy atom. The molecule has 1 aliphatic heterocycles. The highest BCUT2D eigenvalue weighted by Crippen LogP contribution is 2.37. The van der Waals surface area contributed by atoms with Crippen molar-refractivity contribution in [1.82, 2.24) is 0 Å². The van der Waals surface area contributed by atoms with Crippen LogP contribution in [0.25, 0.3) is 0 Å². The van der Waals surface area contributed by atoms with Crippen LogP contribution >= 0.6 is 0 Å². The second kappa shape index (κ2) is 10.1. The monoisotopic (exact) mass is 465 g/mol. The molecule has 0 radical (unpaired) electrons. The van der Waals surface area contributed by atoms with E-state index >= 15 is 0 Å². The van der Waals surface area contributed by atoms with E-state index in [2.05, 4.69) is 29.2 Å². The molecular weight excluding hydrogens is 437 g/mol.